The molecule has 1 unspecified atom stereocenters. The number of aromatic nitrogens is 1. The van der Waals surface area contributed by atoms with E-state index in [1.165, 1.54) is 11.3 Å². The highest BCUT2D eigenvalue weighted by molar-refractivity contribution is 7.22. The van der Waals surface area contributed by atoms with Gasteiger partial charge in [-0.25, -0.2) is 4.98 Å². The van der Waals surface area contributed by atoms with Crippen LogP contribution in [0.4, 0.5) is 0 Å². The molecule has 0 fully saturated rings. The third-order valence-corrected chi connectivity index (χ3v) is 5.23. The maximum Gasteiger partial charge on any atom is 0.265 e. The molecule has 0 saturated heterocycles. The van der Waals surface area contributed by atoms with E-state index in [9.17, 15) is 4.79 Å². The predicted octanol–water partition coefficient (Wildman–Crippen LogP) is 3.44. The molecule has 2 heterocycles. The van der Waals surface area contributed by atoms with Gasteiger partial charge in [-0.2, -0.15) is 0 Å². The Morgan fingerprint density at radius 3 is 2.67 bits per heavy atom. The van der Waals surface area contributed by atoms with Crippen LogP contribution in [0.5, 0.6) is 0 Å². The van der Waals surface area contributed by atoms with Gasteiger partial charge in [-0.15, -0.1) is 47.5 Å². The van der Waals surface area contributed by atoms with Crippen molar-refractivity contribution < 1.29 is 4.79 Å². The minimum absolute atomic E-state index is 0. The molecule has 2 N–H and O–H groups in total. The van der Waals surface area contributed by atoms with Gasteiger partial charge in [0.25, 0.3) is 5.91 Å². The van der Waals surface area contributed by atoms with E-state index >= 15 is 0 Å². The van der Waals surface area contributed by atoms with Gasteiger partial charge in [-0.1, -0.05) is 6.07 Å². The maximum absolute atomic E-state index is 12.4. The van der Waals surface area contributed by atoms with E-state index in [-0.39, 0.29) is 36.8 Å². The number of thiazole rings is 1. The van der Waals surface area contributed by atoms with Crippen LogP contribution in [0.1, 0.15) is 22.3 Å². The van der Waals surface area contributed by atoms with E-state index in [0.717, 1.165) is 15.6 Å². The van der Waals surface area contributed by atoms with Crippen LogP contribution in [0.25, 0.3) is 9.88 Å². The third-order valence-electron chi connectivity index (χ3n) is 3.05. The first kappa shape index (κ1) is 20.3. The molecule has 0 aliphatic carbocycles. The van der Waals surface area contributed by atoms with E-state index in [0.29, 0.717) is 11.4 Å². The van der Waals surface area contributed by atoms with E-state index in [1.807, 2.05) is 31.4 Å². The highest BCUT2D eigenvalue weighted by atomic mass is 35.5. The summed E-state index contributed by atoms with van der Waals surface area (Å²) in [6.45, 7) is 4.27. The molecule has 2 aromatic heterocycles. The number of carbonyl (C=O) groups excluding carboxylic acids is 1. The average Bonchev–Trinajstić information content (AvgIpc) is 3.04. The van der Waals surface area contributed by atoms with Crippen molar-refractivity contribution in [2.75, 3.05) is 13.6 Å². The summed E-state index contributed by atoms with van der Waals surface area (Å²) >= 11 is 3.08. The molecule has 2 rings (SSSR count). The zero-order valence-corrected chi connectivity index (χ0v) is 15.3. The molecule has 8 heteroatoms. The summed E-state index contributed by atoms with van der Waals surface area (Å²) < 4.78 is 0. The van der Waals surface area contributed by atoms with Crippen molar-refractivity contribution in [1.82, 2.24) is 9.88 Å². The van der Waals surface area contributed by atoms with Crippen LogP contribution in [0.2, 0.25) is 0 Å². The largest absolute Gasteiger partial charge is 0.337 e. The Hall–Kier alpha value is -0.660. The number of nitrogens with two attached hydrogens (primary N) is 1. The highest BCUT2D eigenvalue weighted by Gasteiger charge is 2.22. The maximum atomic E-state index is 12.4. The van der Waals surface area contributed by atoms with Crippen LogP contribution in [0.15, 0.2) is 17.5 Å². The summed E-state index contributed by atoms with van der Waals surface area (Å²) in [7, 11) is 1.78. The van der Waals surface area contributed by atoms with Crippen LogP contribution >= 0.6 is 47.5 Å². The summed E-state index contributed by atoms with van der Waals surface area (Å²) in [6.07, 6.45) is 0. The van der Waals surface area contributed by atoms with Crippen LogP contribution in [0.3, 0.4) is 0 Å². The highest BCUT2D eigenvalue weighted by Crippen LogP contribution is 2.31. The lowest BCUT2D eigenvalue weighted by Gasteiger charge is -2.23. The topological polar surface area (TPSA) is 59.2 Å². The van der Waals surface area contributed by atoms with Gasteiger partial charge in [-0.3, -0.25) is 4.79 Å². The molecular formula is C13H19Cl2N3OS2. The average molecular weight is 368 g/mol. The summed E-state index contributed by atoms with van der Waals surface area (Å²) in [6, 6.07) is 4.03. The summed E-state index contributed by atoms with van der Waals surface area (Å²) in [4.78, 5) is 20.4. The molecule has 1 amide bonds. The first-order valence-corrected chi connectivity index (χ1v) is 7.72. The minimum atomic E-state index is -0.00393. The molecule has 0 bridgehead atoms. The van der Waals surface area contributed by atoms with E-state index in [1.54, 1.807) is 23.3 Å². The zero-order chi connectivity index (χ0) is 14.0. The Balaban J connectivity index is 0.00000200. The molecule has 0 saturated carbocycles. The summed E-state index contributed by atoms with van der Waals surface area (Å²) in [5.74, 6) is -0.00393. The number of halogens is 2. The second-order valence-corrected chi connectivity index (χ2v) is 6.36. The number of aryl methyl sites for hydroxylation is 1. The molecule has 21 heavy (non-hydrogen) atoms. The van der Waals surface area contributed by atoms with Crippen molar-refractivity contribution in [2.45, 2.75) is 19.9 Å². The summed E-state index contributed by atoms with van der Waals surface area (Å²) in [5, 5.41) is 2.92. The normalized spacial score (nSPS) is 11.2. The monoisotopic (exact) mass is 367 g/mol. The van der Waals surface area contributed by atoms with Crippen LogP contribution in [0, 0.1) is 6.92 Å². The lowest BCUT2D eigenvalue weighted by atomic mass is 10.2. The molecule has 1 atom stereocenters. The molecule has 0 radical (unpaired) electrons. The van der Waals surface area contributed by atoms with Gasteiger partial charge in [0.2, 0.25) is 0 Å². The molecule has 0 aliphatic rings. The van der Waals surface area contributed by atoms with Gasteiger partial charge in [0, 0.05) is 19.6 Å². The smallest absolute Gasteiger partial charge is 0.265 e. The number of nitrogens with zero attached hydrogens (tertiary/aromatic N) is 2. The van der Waals surface area contributed by atoms with Crippen molar-refractivity contribution in [3.63, 3.8) is 0 Å². The number of hydrogen-bond donors (Lipinski definition) is 1. The van der Waals surface area contributed by atoms with Crippen LogP contribution < -0.4 is 5.73 Å². The van der Waals surface area contributed by atoms with Gasteiger partial charge in [0.05, 0.1) is 10.6 Å². The van der Waals surface area contributed by atoms with Crippen LogP contribution in [-0.4, -0.2) is 35.4 Å². The Kier molecular flexibility index (Phi) is 8.43. The van der Waals surface area contributed by atoms with Crippen molar-refractivity contribution in [3.8, 4) is 9.88 Å². The number of hydrogen-bond acceptors (Lipinski definition) is 5. The summed E-state index contributed by atoms with van der Waals surface area (Å²) in [5.41, 5.74) is 6.39. The van der Waals surface area contributed by atoms with Gasteiger partial charge >= 0.3 is 0 Å². The fourth-order valence-electron chi connectivity index (χ4n) is 1.62. The van der Waals surface area contributed by atoms with Crippen molar-refractivity contribution in [2.24, 2.45) is 5.73 Å². The van der Waals surface area contributed by atoms with Crippen molar-refractivity contribution >= 4 is 53.4 Å². The Morgan fingerprint density at radius 1 is 1.48 bits per heavy atom. The molecule has 0 aromatic carbocycles. The van der Waals surface area contributed by atoms with Gasteiger partial charge < -0.3 is 10.6 Å². The molecule has 0 aliphatic heterocycles. The van der Waals surface area contributed by atoms with E-state index < -0.39 is 0 Å². The quantitative estimate of drug-likeness (QED) is 0.899. The van der Waals surface area contributed by atoms with Gasteiger partial charge in [-0.05, 0) is 25.3 Å². The Bertz CT molecular complexity index is 572. The molecule has 2 aromatic rings. The van der Waals surface area contributed by atoms with Crippen molar-refractivity contribution in [3.05, 3.63) is 28.1 Å². The molecule has 118 valence electrons. The Labute approximate surface area is 145 Å². The first-order chi connectivity index (χ1) is 9.04. The van der Waals surface area contributed by atoms with E-state index in [4.69, 9.17) is 5.73 Å². The molecule has 0 spiro atoms. The SMILES string of the molecule is Cc1nc(-c2cccs2)sc1C(=O)N(C)C(C)CN.Cl.Cl. The fourth-order valence-corrected chi connectivity index (χ4v) is 3.46. The minimum Gasteiger partial charge on any atom is -0.337 e. The number of carbonyl (C=O) groups is 1. The second kappa shape index (κ2) is 8.70. The standard InChI is InChI=1S/C13H17N3OS2.2ClH/c1-8(7-14)16(3)13(17)11-9(2)15-12(19-11)10-5-4-6-18-10;;/h4-6,8H,7,14H2,1-3H3;2*1H. The van der Waals surface area contributed by atoms with Crippen molar-refractivity contribution in [1.29, 1.82) is 0 Å². The Morgan fingerprint density at radius 2 is 2.14 bits per heavy atom. The number of amides is 1. The zero-order valence-electron chi connectivity index (χ0n) is 12.0. The predicted molar refractivity (Wildman–Crippen MR) is 95.3 cm³/mol. The fraction of sp³-hybridized carbons (Fsp3) is 0.385. The second-order valence-electron chi connectivity index (χ2n) is 4.41. The van der Waals surface area contributed by atoms with E-state index in [2.05, 4.69) is 4.98 Å². The third kappa shape index (κ3) is 4.40. The van der Waals surface area contributed by atoms with Crippen LogP contribution in [-0.2, 0) is 0 Å². The van der Waals surface area contributed by atoms with Gasteiger partial charge in [0.1, 0.15) is 9.88 Å². The first-order valence-electron chi connectivity index (χ1n) is 6.03. The number of thiophene rings is 1. The van der Waals surface area contributed by atoms with Gasteiger partial charge in [0.15, 0.2) is 0 Å². The molecule has 4 nitrogen and oxygen atoms in total. The lowest BCUT2D eigenvalue weighted by Crippen LogP contribution is -2.39. The molecular weight excluding hydrogens is 349 g/mol. The lowest BCUT2D eigenvalue weighted by molar-refractivity contribution is 0.0752. The number of likely N-dealkylation sites (N-methyl/N-ethyl adjacent to an activating group) is 1. The number of rotatable bonds is 4.